The molecule has 1 aliphatic rings. The summed E-state index contributed by atoms with van der Waals surface area (Å²) in [4.78, 5) is 7.11. The maximum atomic E-state index is 5.34. The maximum absolute atomic E-state index is 5.34. The normalized spacial score (nSPS) is 17.1. The highest BCUT2D eigenvalue weighted by atomic mass is 16.5. The second kappa shape index (κ2) is 7.68. The van der Waals surface area contributed by atoms with Crippen LogP contribution in [0.25, 0.3) is 22.0 Å². The molecule has 1 atom stereocenters. The summed E-state index contributed by atoms with van der Waals surface area (Å²) in [5.74, 6) is 0.877. The Hall–Kier alpha value is -3.18. The van der Waals surface area contributed by atoms with E-state index in [1.54, 1.807) is 7.11 Å². The highest BCUT2D eigenvalue weighted by Gasteiger charge is 2.27. The lowest BCUT2D eigenvalue weighted by Crippen LogP contribution is -2.23. The first kappa shape index (κ1) is 17.9. The van der Waals surface area contributed by atoms with E-state index in [0.29, 0.717) is 6.04 Å². The van der Waals surface area contributed by atoms with Crippen molar-refractivity contribution in [3.8, 4) is 17.0 Å². The fourth-order valence-corrected chi connectivity index (χ4v) is 4.33. The molecule has 1 saturated heterocycles. The number of hydrogen-bond donors (Lipinski definition) is 1. The number of pyridine rings is 1. The van der Waals surface area contributed by atoms with Gasteiger partial charge in [0.25, 0.3) is 0 Å². The van der Waals surface area contributed by atoms with Crippen LogP contribution >= 0.6 is 0 Å². The summed E-state index contributed by atoms with van der Waals surface area (Å²) in [6.45, 7) is 1.96. The van der Waals surface area contributed by atoms with Crippen LogP contribution in [0.1, 0.15) is 30.1 Å². The molecule has 5 rings (SSSR count). The van der Waals surface area contributed by atoms with Crippen LogP contribution in [0, 0.1) is 0 Å². The molecule has 1 fully saturated rings. The molecule has 0 saturated carbocycles. The van der Waals surface area contributed by atoms with Crippen molar-refractivity contribution in [1.82, 2.24) is 20.1 Å². The van der Waals surface area contributed by atoms with E-state index in [9.17, 15) is 0 Å². The van der Waals surface area contributed by atoms with Gasteiger partial charge in [0.15, 0.2) is 0 Å². The number of rotatable bonds is 5. The molecule has 2 aromatic carbocycles. The van der Waals surface area contributed by atoms with Crippen LogP contribution in [-0.2, 0) is 6.54 Å². The first-order chi connectivity index (χ1) is 14.3. The van der Waals surface area contributed by atoms with Crippen LogP contribution in [0.4, 0.5) is 0 Å². The van der Waals surface area contributed by atoms with E-state index in [-0.39, 0.29) is 0 Å². The number of aromatic nitrogens is 3. The number of H-pyrrole nitrogens is 1. The van der Waals surface area contributed by atoms with Crippen LogP contribution in [-0.4, -0.2) is 33.7 Å². The van der Waals surface area contributed by atoms with E-state index in [1.807, 2.05) is 24.5 Å². The minimum atomic E-state index is 0.378. The van der Waals surface area contributed by atoms with Crippen molar-refractivity contribution in [2.45, 2.75) is 25.4 Å². The summed E-state index contributed by atoms with van der Waals surface area (Å²) < 4.78 is 5.34. The largest absolute Gasteiger partial charge is 0.497 e. The number of nitrogens with one attached hydrogen (secondary N) is 1. The average Bonchev–Trinajstić information content (AvgIpc) is 3.43. The van der Waals surface area contributed by atoms with Gasteiger partial charge in [-0.2, -0.15) is 5.10 Å². The summed E-state index contributed by atoms with van der Waals surface area (Å²) in [7, 11) is 1.70. The molecule has 4 aromatic rings. The molecule has 0 amide bonds. The Morgan fingerprint density at radius 1 is 1.10 bits per heavy atom. The molecule has 1 N–H and O–H groups in total. The van der Waals surface area contributed by atoms with Gasteiger partial charge in [-0.1, -0.05) is 24.3 Å². The second-order valence-corrected chi connectivity index (χ2v) is 7.58. The van der Waals surface area contributed by atoms with E-state index < -0.39 is 0 Å². The summed E-state index contributed by atoms with van der Waals surface area (Å²) in [5, 5.41) is 9.94. The van der Waals surface area contributed by atoms with Crippen molar-refractivity contribution in [2.75, 3.05) is 13.7 Å². The number of hydrogen-bond acceptors (Lipinski definition) is 4. The first-order valence-corrected chi connectivity index (χ1v) is 10.1. The molecule has 2 aromatic heterocycles. The zero-order valence-electron chi connectivity index (χ0n) is 16.5. The van der Waals surface area contributed by atoms with Gasteiger partial charge < -0.3 is 4.74 Å². The van der Waals surface area contributed by atoms with Gasteiger partial charge in [-0.25, -0.2) is 0 Å². The molecule has 29 heavy (non-hydrogen) atoms. The van der Waals surface area contributed by atoms with Gasteiger partial charge in [0.05, 0.1) is 30.7 Å². The lowest BCUT2D eigenvalue weighted by Gasteiger charge is -2.24. The number of nitrogens with zero attached hydrogens (tertiary/aromatic N) is 3. The van der Waals surface area contributed by atoms with Crippen LogP contribution in [0.15, 0.2) is 67.0 Å². The lowest BCUT2D eigenvalue weighted by atomic mass is 10.0. The molecule has 0 radical (unpaired) electrons. The van der Waals surface area contributed by atoms with E-state index in [0.717, 1.165) is 42.2 Å². The molecule has 0 spiro atoms. The van der Waals surface area contributed by atoms with Crippen molar-refractivity contribution in [1.29, 1.82) is 0 Å². The highest BCUT2D eigenvalue weighted by Crippen LogP contribution is 2.34. The number of aromatic amines is 1. The molecular formula is C24H24N4O. The third-order valence-corrected chi connectivity index (χ3v) is 5.82. The first-order valence-electron chi connectivity index (χ1n) is 10.1. The molecule has 5 heteroatoms. The summed E-state index contributed by atoms with van der Waals surface area (Å²) in [5.41, 5.74) is 4.63. The topological polar surface area (TPSA) is 54.0 Å². The maximum Gasteiger partial charge on any atom is 0.119 e. The number of ether oxygens (including phenoxy) is 1. The van der Waals surface area contributed by atoms with Crippen molar-refractivity contribution >= 4 is 10.8 Å². The van der Waals surface area contributed by atoms with Crippen molar-refractivity contribution in [3.63, 3.8) is 0 Å². The fraction of sp³-hybridized carbons (Fsp3) is 0.250. The van der Waals surface area contributed by atoms with E-state index in [4.69, 9.17) is 4.74 Å². The monoisotopic (exact) mass is 384 g/mol. The molecule has 0 unspecified atom stereocenters. The van der Waals surface area contributed by atoms with E-state index >= 15 is 0 Å². The van der Waals surface area contributed by atoms with Gasteiger partial charge in [0.1, 0.15) is 5.75 Å². The predicted octanol–water partition coefficient (Wildman–Crippen LogP) is 4.97. The molecule has 0 aliphatic carbocycles. The molecule has 146 valence electrons. The van der Waals surface area contributed by atoms with Crippen LogP contribution in [0.3, 0.4) is 0 Å². The Morgan fingerprint density at radius 2 is 2.00 bits per heavy atom. The Morgan fingerprint density at radius 3 is 2.86 bits per heavy atom. The number of benzene rings is 2. The quantitative estimate of drug-likeness (QED) is 0.528. The predicted molar refractivity (Wildman–Crippen MR) is 115 cm³/mol. The summed E-state index contributed by atoms with van der Waals surface area (Å²) in [6.07, 6.45) is 6.20. The third-order valence-electron chi connectivity index (χ3n) is 5.82. The van der Waals surface area contributed by atoms with Gasteiger partial charge in [-0.15, -0.1) is 0 Å². The molecular weight excluding hydrogens is 360 g/mol. The fourth-order valence-electron chi connectivity index (χ4n) is 4.33. The van der Waals surface area contributed by atoms with Crippen molar-refractivity contribution in [2.24, 2.45) is 0 Å². The smallest absolute Gasteiger partial charge is 0.119 e. The highest BCUT2D eigenvalue weighted by molar-refractivity contribution is 5.88. The Labute approximate surface area is 170 Å². The Bertz CT molecular complexity index is 1120. The van der Waals surface area contributed by atoms with Crippen LogP contribution in [0.2, 0.25) is 0 Å². The summed E-state index contributed by atoms with van der Waals surface area (Å²) in [6, 6.07) is 19.2. The second-order valence-electron chi connectivity index (χ2n) is 7.58. The lowest BCUT2D eigenvalue weighted by molar-refractivity contribution is 0.245. The molecule has 1 aliphatic heterocycles. The van der Waals surface area contributed by atoms with Crippen molar-refractivity contribution in [3.05, 3.63) is 78.2 Å². The zero-order chi connectivity index (χ0) is 19.6. The molecule has 3 heterocycles. The third kappa shape index (κ3) is 3.49. The Balaban J connectivity index is 1.43. The average molecular weight is 384 g/mol. The minimum Gasteiger partial charge on any atom is -0.497 e. The number of fused-ring (bicyclic) bond motifs is 1. The number of methoxy groups -OCH3 is 1. The van der Waals surface area contributed by atoms with Gasteiger partial charge in [-0.05, 0) is 60.5 Å². The standard InChI is InChI=1S/C24H24N4O/c1-29-21-10-9-17-13-19(8-7-18(17)14-21)24-20(15-26-27-24)16-28-12-4-6-23(28)22-5-2-3-11-25-22/h2-3,5,7-11,13-15,23H,4,6,12,16H2,1H3,(H,26,27)/t23-/m1/s1. The Kier molecular flexibility index (Phi) is 4.74. The molecule has 0 bridgehead atoms. The zero-order valence-corrected chi connectivity index (χ0v) is 16.5. The van der Waals surface area contributed by atoms with Crippen LogP contribution < -0.4 is 4.74 Å². The van der Waals surface area contributed by atoms with E-state index in [2.05, 4.69) is 62.5 Å². The minimum absolute atomic E-state index is 0.378. The van der Waals surface area contributed by atoms with Crippen LogP contribution in [0.5, 0.6) is 5.75 Å². The summed E-state index contributed by atoms with van der Waals surface area (Å²) >= 11 is 0. The SMILES string of the molecule is COc1ccc2cc(-c3[nH]ncc3CN3CCC[C@@H]3c3ccccn3)ccc2c1. The number of likely N-dealkylation sites (tertiary alicyclic amines) is 1. The van der Waals surface area contributed by atoms with Gasteiger partial charge in [0.2, 0.25) is 0 Å². The van der Waals surface area contributed by atoms with Gasteiger partial charge in [-0.3, -0.25) is 15.0 Å². The van der Waals surface area contributed by atoms with Gasteiger partial charge in [0, 0.05) is 23.9 Å². The molecule has 5 nitrogen and oxygen atoms in total. The van der Waals surface area contributed by atoms with E-state index in [1.165, 1.54) is 22.8 Å². The van der Waals surface area contributed by atoms with Crippen molar-refractivity contribution < 1.29 is 4.74 Å². The van der Waals surface area contributed by atoms with Gasteiger partial charge >= 0.3 is 0 Å².